The van der Waals surface area contributed by atoms with Gasteiger partial charge in [0.05, 0.1) is 11.8 Å². The van der Waals surface area contributed by atoms with Crippen molar-refractivity contribution in [1.82, 2.24) is 15.3 Å². The first kappa shape index (κ1) is 18.4. The molecule has 4 rings (SSSR count). The van der Waals surface area contributed by atoms with Gasteiger partial charge in [0, 0.05) is 25.1 Å². The van der Waals surface area contributed by atoms with Crippen LogP contribution in [-0.4, -0.2) is 41.6 Å². The lowest BCUT2D eigenvalue weighted by Gasteiger charge is -2.25. The van der Waals surface area contributed by atoms with E-state index in [-0.39, 0.29) is 11.9 Å². The van der Waals surface area contributed by atoms with Crippen LogP contribution in [0.25, 0.3) is 10.9 Å². The van der Waals surface area contributed by atoms with Gasteiger partial charge >= 0.3 is 0 Å². The van der Waals surface area contributed by atoms with Crippen molar-refractivity contribution in [2.45, 2.75) is 31.9 Å². The Morgan fingerprint density at radius 3 is 3.07 bits per heavy atom. The van der Waals surface area contributed by atoms with Crippen molar-refractivity contribution < 1.29 is 13.9 Å². The Morgan fingerprint density at radius 2 is 2.18 bits per heavy atom. The van der Waals surface area contributed by atoms with Gasteiger partial charge in [0.15, 0.2) is 0 Å². The number of para-hydroxylation sites is 1. The molecule has 1 fully saturated rings. The van der Waals surface area contributed by atoms with E-state index in [0.29, 0.717) is 19.8 Å². The van der Waals surface area contributed by atoms with Crippen molar-refractivity contribution >= 4 is 22.6 Å². The molecule has 7 nitrogen and oxygen atoms in total. The first-order chi connectivity index (χ1) is 13.8. The summed E-state index contributed by atoms with van der Waals surface area (Å²) in [6, 6.07) is 11.4. The van der Waals surface area contributed by atoms with E-state index in [1.165, 1.54) is 0 Å². The van der Waals surface area contributed by atoms with Crippen LogP contribution in [0.2, 0.25) is 0 Å². The summed E-state index contributed by atoms with van der Waals surface area (Å²) in [5.41, 5.74) is 0.896. The smallest absolute Gasteiger partial charge is 0.242 e. The fourth-order valence-electron chi connectivity index (χ4n) is 3.58. The monoisotopic (exact) mass is 380 g/mol. The molecule has 1 amide bonds. The molecule has 1 N–H and O–H groups in total. The van der Waals surface area contributed by atoms with Crippen molar-refractivity contribution in [2.24, 2.45) is 0 Å². The third kappa shape index (κ3) is 4.14. The quantitative estimate of drug-likeness (QED) is 0.605. The fourth-order valence-corrected chi connectivity index (χ4v) is 3.58. The molecule has 0 aliphatic carbocycles. The minimum Gasteiger partial charge on any atom is -0.467 e. The molecule has 1 atom stereocenters. The van der Waals surface area contributed by atoms with Crippen LogP contribution >= 0.6 is 0 Å². The van der Waals surface area contributed by atoms with Gasteiger partial charge in [-0.2, -0.15) is 0 Å². The summed E-state index contributed by atoms with van der Waals surface area (Å²) in [7, 11) is 0. The number of benzene rings is 1. The van der Waals surface area contributed by atoms with Crippen LogP contribution in [-0.2, 0) is 16.1 Å². The Labute approximate surface area is 163 Å². The van der Waals surface area contributed by atoms with Gasteiger partial charge < -0.3 is 19.4 Å². The van der Waals surface area contributed by atoms with Crippen LogP contribution in [0.5, 0.6) is 0 Å². The van der Waals surface area contributed by atoms with E-state index < -0.39 is 0 Å². The summed E-state index contributed by atoms with van der Waals surface area (Å²) < 4.78 is 10.8. The van der Waals surface area contributed by atoms with E-state index in [0.717, 1.165) is 48.3 Å². The van der Waals surface area contributed by atoms with Gasteiger partial charge in [-0.25, -0.2) is 9.97 Å². The highest BCUT2D eigenvalue weighted by Gasteiger charge is 2.32. The van der Waals surface area contributed by atoms with Gasteiger partial charge in [-0.1, -0.05) is 12.1 Å². The molecule has 1 aromatic carbocycles. The van der Waals surface area contributed by atoms with E-state index >= 15 is 0 Å². The Morgan fingerprint density at radius 1 is 1.25 bits per heavy atom. The largest absolute Gasteiger partial charge is 0.467 e. The molecule has 0 bridgehead atoms. The lowest BCUT2D eigenvalue weighted by molar-refractivity contribution is -0.122. The highest BCUT2D eigenvalue weighted by molar-refractivity contribution is 5.93. The second kappa shape index (κ2) is 8.84. The van der Waals surface area contributed by atoms with E-state index in [1.54, 1.807) is 12.6 Å². The second-order valence-electron chi connectivity index (χ2n) is 6.84. The Kier molecular flexibility index (Phi) is 5.82. The first-order valence-electron chi connectivity index (χ1n) is 9.67. The number of ether oxygens (including phenoxy) is 1. The average molecular weight is 380 g/mol. The number of nitrogens with zero attached hydrogens (tertiary/aromatic N) is 3. The SMILES string of the molecule is O=C(NCCCOCc1ccco1)C1CCCN1c1ncnc2ccccc12. The average Bonchev–Trinajstić information content (AvgIpc) is 3.42. The molecule has 1 aliphatic rings. The molecule has 28 heavy (non-hydrogen) atoms. The minimum atomic E-state index is -0.192. The molecular weight excluding hydrogens is 356 g/mol. The molecule has 146 valence electrons. The zero-order valence-corrected chi connectivity index (χ0v) is 15.7. The Bertz CT molecular complexity index is 908. The Hall–Kier alpha value is -2.93. The maximum Gasteiger partial charge on any atom is 0.242 e. The van der Waals surface area contributed by atoms with Crippen LogP contribution in [0.3, 0.4) is 0 Å². The third-order valence-corrected chi connectivity index (χ3v) is 4.94. The van der Waals surface area contributed by atoms with Crippen LogP contribution in [0.4, 0.5) is 5.82 Å². The zero-order chi connectivity index (χ0) is 19.2. The molecule has 0 spiro atoms. The number of amides is 1. The van der Waals surface area contributed by atoms with Crippen molar-refractivity contribution in [2.75, 3.05) is 24.6 Å². The van der Waals surface area contributed by atoms with E-state index in [2.05, 4.69) is 20.2 Å². The van der Waals surface area contributed by atoms with E-state index in [1.807, 2.05) is 36.4 Å². The number of hydrogen-bond donors (Lipinski definition) is 1. The van der Waals surface area contributed by atoms with Gasteiger partial charge in [0.1, 0.15) is 30.6 Å². The highest BCUT2D eigenvalue weighted by Crippen LogP contribution is 2.29. The molecule has 1 unspecified atom stereocenters. The normalized spacial score (nSPS) is 16.6. The summed E-state index contributed by atoms with van der Waals surface area (Å²) in [6.45, 7) is 2.45. The number of furan rings is 1. The fraction of sp³-hybridized carbons (Fsp3) is 0.381. The zero-order valence-electron chi connectivity index (χ0n) is 15.7. The molecule has 0 saturated carbocycles. The van der Waals surface area contributed by atoms with Gasteiger partial charge in [-0.15, -0.1) is 0 Å². The number of carbonyl (C=O) groups excluding carboxylic acids is 1. The summed E-state index contributed by atoms with van der Waals surface area (Å²) in [5.74, 6) is 1.69. The minimum absolute atomic E-state index is 0.0474. The van der Waals surface area contributed by atoms with Crippen molar-refractivity contribution in [3.63, 3.8) is 0 Å². The molecule has 7 heteroatoms. The molecule has 0 radical (unpaired) electrons. The Balaban J connectivity index is 1.30. The standard InChI is InChI=1S/C21H24N4O3/c26-21(22-10-5-12-27-14-16-6-4-13-28-16)19-9-3-11-25(19)20-17-7-1-2-8-18(17)23-15-24-20/h1-2,4,6-8,13,15,19H,3,5,9-12,14H2,(H,22,26). The number of anilines is 1. The van der Waals surface area contributed by atoms with Crippen LogP contribution in [0.1, 0.15) is 25.0 Å². The summed E-state index contributed by atoms with van der Waals surface area (Å²) >= 11 is 0. The topological polar surface area (TPSA) is 80.5 Å². The maximum absolute atomic E-state index is 12.7. The molecule has 2 aromatic heterocycles. The van der Waals surface area contributed by atoms with Crippen molar-refractivity contribution in [3.05, 3.63) is 54.7 Å². The van der Waals surface area contributed by atoms with Crippen LogP contribution < -0.4 is 10.2 Å². The number of rotatable bonds is 8. The number of aromatic nitrogens is 2. The molecule has 3 aromatic rings. The molecule has 1 aliphatic heterocycles. The summed E-state index contributed by atoms with van der Waals surface area (Å²) in [5, 5.41) is 4.02. The maximum atomic E-state index is 12.7. The van der Waals surface area contributed by atoms with Gasteiger partial charge in [-0.05, 0) is 43.5 Å². The van der Waals surface area contributed by atoms with Gasteiger partial charge in [-0.3, -0.25) is 4.79 Å². The first-order valence-corrected chi connectivity index (χ1v) is 9.67. The van der Waals surface area contributed by atoms with Crippen molar-refractivity contribution in [3.8, 4) is 0 Å². The summed E-state index contributed by atoms with van der Waals surface area (Å²) in [4.78, 5) is 23.6. The van der Waals surface area contributed by atoms with Crippen LogP contribution in [0.15, 0.2) is 53.4 Å². The number of nitrogens with one attached hydrogen (secondary N) is 1. The molecular formula is C21H24N4O3. The van der Waals surface area contributed by atoms with Gasteiger partial charge in [0.2, 0.25) is 5.91 Å². The molecule has 3 heterocycles. The predicted octanol–water partition coefficient (Wildman–Crippen LogP) is 2.91. The lowest BCUT2D eigenvalue weighted by Crippen LogP contribution is -2.44. The van der Waals surface area contributed by atoms with Gasteiger partial charge in [0.25, 0.3) is 0 Å². The lowest BCUT2D eigenvalue weighted by atomic mass is 10.2. The number of fused-ring (bicyclic) bond motifs is 1. The number of hydrogen-bond acceptors (Lipinski definition) is 6. The highest BCUT2D eigenvalue weighted by atomic mass is 16.5. The van der Waals surface area contributed by atoms with E-state index in [9.17, 15) is 4.79 Å². The molecule has 1 saturated heterocycles. The third-order valence-electron chi connectivity index (χ3n) is 4.94. The van der Waals surface area contributed by atoms with E-state index in [4.69, 9.17) is 9.15 Å². The van der Waals surface area contributed by atoms with Crippen molar-refractivity contribution in [1.29, 1.82) is 0 Å². The summed E-state index contributed by atoms with van der Waals surface area (Å²) in [6.07, 6.45) is 5.77. The van der Waals surface area contributed by atoms with Crippen LogP contribution in [0, 0.1) is 0 Å². The second-order valence-corrected chi connectivity index (χ2v) is 6.84. The predicted molar refractivity (Wildman–Crippen MR) is 106 cm³/mol. The number of carbonyl (C=O) groups is 1.